The number of nitro groups is 1. The van der Waals surface area contributed by atoms with Crippen molar-refractivity contribution in [3.63, 3.8) is 0 Å². The van der Waals surface area contributed by atoms with Crippen LogP contribution < -0.4 is 10.2 Å². The normalized spacial score (nSPS) is 13.8. The number of para-hydroxylation sites is 1. The maximum Gasteiger partial charge on any atom is 0.282 e. The highest BCUT2D eigenvalue weighted by Gasteiger charge is 2.19. The molecule has 0 atom stereocenters. The van der Waals surface area contributed by atoms with E-state index in [0.29, 0.717) is 5.82 Å². The maximum absolute atomic E-state index is 12.2. The molecule has 3 rings (SSSR count). The van der Waals surface area contributed by atoms with Crippen LogP contribution >= 0.6 is 0 Å². The van der Waals surface area contributed by atoms with Crippen LogP contribution in [0.4, 0.5) is 11.5 Å². The quantitative estimate of drug-likeness (QED) is 0.665. The Balaban J connectivity index is 1.68. The van der Waals surface area contributed by atoms with E-state index in [0.717, 1.165) is 31.7 Å². The number of anilines is 1. The predicted octanol–water partition coefficient (Wildman–Crippen LogP) is 1.91. The third-order valence-electron chi connectivity index (χ3n) is 3.87. The summed E-state index contributed by atoms with van der Waals surface area (Å²) in [5, 5.41) is 13.6. The summed E-state index contributed by atoms with van der Waals surface area (Å²) in [5.41, 5.74) is -0.195. The molecule has 1 aliphatic heterocycles. The number of hydrogen-bond donors (Lipinski definition) is 1. The van der Waals surface area contributed by atoms with Crippen molar-refractivity contribution in [2.75, 3.05) is 18.0 Å². The Kier molecular flexibility index (Phi) is 4.64. The largest absolute Gasteiger partial charge is 0.357 e. The fraction of sp³-hybridized carbons (Fsp3) is 0.312. The Morgan fingerprint density at radius 2 is 2.00 bits per heavy atom. The molecular weight excluding hydrogens is 310 g/mol. The summed E-state index contributed by atoms with van der Waals surface area (Å²) in [6.45, 7) is 2.06. The summed E-state index contributed by atoms with van der Waals surface area (Å²) >= 11 is 0. The smallest absolute Gasteiger partial charge is 0.282 e. The van der Waals surface area contributed by atoms with Crippen molar-refractivity contribution in [3.8, 4) is 0 Å². The molecule has 1 saturated heterocycles. The summed E-state index contributed by atoms with van der Waals surface area (Å²) in [7, 11) is 0. The number of aromatic nitrogens is 2. The molecule has 2 aromatic rings. The molecule has 1 N–H and O–H groups in total. The zero-order chi connectivity index (χ0) is 16.9. The van der Waals surface area contributed by atoms with Crippen LogP contribution in [-0.2, 0) is 6.54 Å². The molecule has 0 aliphatic carbocycles. The minimum Gasteiger partial charge on any atom is -0.357 e. The lowest BCUT2D eigenvalue weighted by atomic mass is 10.1. The standard InChI is InChI=1S/C16H17N5O3/c22-16(12-5-1-2-6-13(12)21(23)24)18-11-14-17-8-7-15(19-14)20-9-3-4-10-20/h1-2,5-8H,3-4,9-11H2,(H,18,22). The summed E-state index contributed by atoms with van der Waals surface area (Å²) < 4.78 is 0. The minimum absolute atomic E-state index is 0.0261. The summed E-state index contributed by atoms with van der Waals surface area (Å²) in [6.07, 6.45) is 3.95. The zero-order valence-corrected chi connectivity index (χ0v) is 13.0. The number of nitrogens with zero attached hydrogens (tertiary/aromatic N) is 4. The molecule has 124 valence electrons. The average molecular weight is 327 g/mol. The van der Waals surface area contributed by atoms with Crippen LogP contribution in [0, 0.1) is 10.1 Å². The van der Waals surface area contributed by atoms with Gasteiger partial charge in [0.1, 0.15) is 17.2 Å². The first kappa shape index (κ1) is 15.9. The lowest BCUT2D eigenvalue weighted by Gasteiger charge is -2.16. The highest BCUT2D eigenvalue weighted by Crippen LogP contribution is 2.18. The molecule has 2 heterocycles. The predicted molar refractivity (Wildman–Crippen MR) is 87.7 cm³/mol. The molecule has 8 nitrogen and oxygen atoms in total. The third-order valence-corrected chi connectivity index (χ3v) is 3.87. The van der Waals surface area contributed by atoms with Crippen molar-refractivity contribution in [2.45, 2.75) is 19.4 Å². The number of carbonyl (C=O) groups excluding carboxylic acids is 1. The molecule has 1 aliphatic rings. The van der Waals surface area contributed by atoms with Crippen molar-refractivity contribution < 1.29 is 9.72 Å². The molecular formula is C16H17N5O3. The second kappa shape index (κ2) is 7.03. The van der Waals surface area contributed by atoms with E-state index in [-0.39, 0.29) is 17.8 Å². The SMILES string of the molecule is O=C(NCc1nccc(N2CCCC2)n1)c1ccccc1[N+](=O)[O-]. The second-order valence-electron chi connectivity index (χ2n) is 5.48. The highest BCUT2D eigenvalue weighted by molar-refractivity contribution is 5.98. The maximum atomic E-state index is 12.2. The molecule has 1 fully saturated rings. The molecule has 0 bridgehead atoms. The van der Waals surface area contributed by atoms with Crippen molar-refractivity contribution in [1.82, 2.24) is 15.3 Å². The van der Waals surface area contributed by atoms with Gasteiger partial charge in [-0.1, -0.05) is 12.1 Å². The summed E-state index contributed by atoms with van der Waals surface area (Å²) in [6, 6.07) is 7.69. The molecule has 0 unspecified atom stereocenters. The summed E-state index contributed by atoms with van der Waals surface area (Å²) in [4.78, 5) is 33.4. The number of rotatable bonds is 5. The van der Waals surface area contributed by atoms with Crippen LogP contribution in [0.3, 0.4) is 0 Å². The van der Waals surface area contributed by atoms with E-state index >= 15 is 0 Å². The number of nitro benzene ring substituents is 1. The van der Waals surface area contributed by atoms with Crippen molar-refractivity contribution >= 4 is 17.4 Å². The molecule has 1 aromatic heterocycles. The van der Waals surface area contributed by atoms with Crippen molar-refractivity contribution in [3.05, 3.63) is 58.0 Å². The van der Waals surface area contributed by atoms with Crippen LogP contribution in [0.1, 0.15) is 29.0 Å². The van der Waals surface area contributed by atoms with Crippen molar-refractivity contribution in [1.29, 1.82) is 0 Å². The first-order valence-electron chi connectivity index (χ1n) is 7.73. The Morgan fingerprint density at radius 3 is 2.75 bits per heavy atom. The molecule has 24 heavy (non-hydrogen) atoms. The van der Waals surface area contributed by atoms with E-state index in [4.69, 9.17) is 0 Å². The van der Waals surface area contributed by atoms with Gasteiger partial charge in [0.25, 0.3) is 11.6 Å². The van der Waals surface area contributed by atoms with E-state index in [1.165, 1.54) is 18.2 Å². The van der Waals surface area contributed by atoms with Gasteiger partial charge in [0.15, 0.2) is 0 Å². The number of carbonyl (C=O) groups is 1. The van der Waals surface area contributed by atoms with E-state index in [1.54, 1.807) is 12.3 Å². The molecule has 1 amide bonds. The molecule has 1 aromatic carbocycles. The topological polar surface area (TPSA) is 101 Å². The minimum atomic E-state index is -0.570. The molecule has 0 radical (unpaired) electrons. The number of amides is 1. The first-order chi connectivity index (χ1) is 11.6. The van der Waals surface area contributed by atoms with Gasteiger partial charge in [0.2, 0.25) is 0 Å². The van der Waals surface area contributed by atoms with E-state index in [9.17, 15) is 14.9 Å². The van der Waals surface area contributed by atoms with Gasteiger partial charge in [-0.05, 0) is 25.0 Å². The van der Waals surface area contributed by atoms with Gasteiger partial charge in [0.05, 0.1) is 11.5 Å². The van der Waals surface area contributed by atoms with Crippen LogP contribution in [0.5, 0.6) is 0 Å². The van der Waals surface area contributed by atoms with E-state index in [1.807, 2.05) is 6.07 Å². The number of hydrogen-bond acceptors (Lipinski definition) is 6. The second-order valence-corrected chi connectivity index (χ2v) is 5.48. The number of nitrogens with one attached hydrogen (secondary N) is 1. The van der Waals surface area contributed by atoms with Crippen molar-refractivity contribution in [2.24, 2.45) is 0 Å². The first-order valence-corrected chi connectivity index (χ1v) is 7.73. The van der Waals surface area contributed by atoms with Crippen LogP contribution in [0.2, 0.25) is 0 Å². The summed E-state index contributed by atoms with van der Waals surface area (Å²) in [5.74, 6) is 0.807. The molecule has 8 heteroatoms. The Bertz CT molecular complexity index is 759. The monoisotopic (exact) mass is 327 g/mol. The fourth-order valence-electron chi connectivity index (χ4n) is 2.68. The molecule has 0 spiro atoms. The third kappa shape index (κ3) is 3.48. The lowest BCUT2D eigenvalue weighted by molar-refractivity contribution is -0.385. The van der Waals surface area contributed by atoms with Crippen LogP contribution in [-0.4, -0.2) is 33.9 Å². The number of benzene rings is 1. The van der Waals surface area contributed by atoms with Crippen LogP contribution in [0.15, 0.2) is 36.5 Å². The van der Waals surface area contributed by atoms with Gasteiger partial charge >= 0.3 is 0 Å². The lowest BCUT2D eigenvalue weighted by Crippen LogP contribution is -2.25. The molecule has 0 saturated carbocycles. The average Bonchev–Trinajstić information content (AvgIpc) is 3.14. The van der Waals surface area contributed by atoms with Gasteiger partial charge in [-0.3, -0.25) is 14.9 Å². The van der Waals surface area contributed by atoms with E-state index in [2.05, 4.69) is 20.2 Å². The Labute approximate surface area is 138 Å². The van der Waals surface area contributed by atoms with Gasteiger partial charge in [-0.15, -0.1) is 0 Å². The van der Waals surface area contributed by atoms with Gasteiger partial charge in [-0.25, -0.2) is 9.97 Å². The Hall–Kier alpha value is -3.03. The van der Waals surface area contributed by atoms with Gasteiger partial charge in [0, 0.05) is 25.4 Å². The fourth-order valence-corrected chi connectivity index (χ4v) is 2.68. The van der Waals surface area contributed by atoms with Gasteiger partial charge in [-0.2, -0.15) is 0 Å². The highest BCUT2D eigenvalue weighted by atomic mass is 16.6. The van der Waals surface area contributed by atoms with Crippen LogP contribution in [0.25, 0.3) is 0 Å². The van der Waals surface area contributed by atoms with Gasteiger partial charge < -0.3 is 10.2 Å². The Morgan fingerprint density at radius 1 is 1.25 bits per heavy atom. The zero-order valence-electron chi connectivity index (χ0n) is 13.0. The van der Waals surface area contributed by atoms with E-state index < -0.39 is 10.8 Å².